The molecule has 0 aromatic heterocycles. The van der Waals surface area contributed by atoms with Gasteiger partial charge in [-0.1, -0.05) is 38.0 Å². The number of anilines is 1. The second-order valence-electron chi connectivity index (χ2n) is 5.46. The van der Waals surface area contributed by atoms with Crippen molar-refractivity contribution >= 4 is 5.69 Å². The number of benzene rings is 1. The molecule has 1 rings (SSSR count). The highest BCUT2D eigenvalue weighted by Gasteiger charge is 2.20. The summed E-state index contributed by atoms with van der Waals surface area (Å²) in [6.45, 7) is 9.96. The molecule has 0 bridgehead atoms. The Bertz CT molecular complexity index is 300. The van der Waals surface area contributed by atoms with Crippen molar-refractivity contribution in [2.75, 3.05) is 11.6 Å². The number of hydrogen-bond donors (Lipinski definition) is 1. The van der Waals surface area contributed by atoms with E-state index in [0.717, 1.165) is 6.54 Å². The maximum Gasteiger partial charge on any atom is 0.0525 e. The van der Waals surface area contributed by atoms with E-state index in [1.54, 1.807) is 0 Å². The molecule has 1 aromatic rings. The summed E-state index contributed by atoms with van der Waals surface area (Å²) < 4.78 is 0. The third-order valence-electron chi connectivity index (χ3n) is 2.74. The zero-order valence-electron chi connectivity index (χ0n) is 11.7. The van der Waals surface area contributed by atoms with E-state index in [2.05, 4.69) is 68.5 Å². The van der Waals surface area contributed by atoms with Gasteiger partial charge < -0.3 is 5.01 Å². The van der Waals surface area contributed by atoms with Crippen LogP contribution in [0.2, 0.25) is 0 Å². The molecule has 0 amide bonds. The lowest BCUT2D eigenvalue weighted by Crippen LogP contribution is -2.51. The van der Waals surface area contributed by atoms with Crippen LogP contribution in [0.4, 0.5) is 5.69 Å². The maximum atomic E-state index is 3.54. The molecule has 1 aromatic carbocycles. The van der Waals surface area contributed by atoms with Crippen molar-refractivity contribution in [1.82, 2.24) is 5.43 Å². The van der Waals surface area contributed by atoms with E-state index >= 15 is 0 Å². The zero-order chi connectivity index (χ0) is 12.7. The fourth-order valence-corrected chi connectivity index (χ4v) is 1.86. The van der Waals surface area contributed by atoms with Crippen molar-refractivity contribution in [3.63, 3.8) is 0 Å². The molecule has 17 heavy (non-hydrogen) atoms. The van der Waals surface area contributed by atoms with E-state index in [4.69, 9.17) is 0 Å². The summed E-state index contributed by atoms with van der Waals surface area (Å²) in [6.07, 6.45) is 3.79. The van der Waals surface area contributed by atoms with Crippen LogP contribution < -0.4 is 10.4 Å². The zero-order valence-corrected chi connectivity index (χ0v) is 11.7. The van der Waals surface area contributed by atoms with Crippen LogP contribution in [0.25, 0.3) is 0 Å². The normalized spacial score (nSPS) is 11.5. The molecule has 0 aliphatic rings. The Kier molecular flexibility index (Phi) is 5.49. The van der Waals surface area contributed by atoms with Gasteiger partial charge in [0, 0.05) is 12.1 Å². The summed E-state index contributed by atoms with van der Waals surface area (Å²) in [7, 11) is 0. The van der Waals surface area contributed by atoms with E-state index in [-0.39, 0.29) is 5.54 Å². The fourth-order valence-electron chi connectivity index (χ4n) is 1.86. The lowest BCUT2D eigenvalue weighted by Gasteiger charge is -2.38. The third kappa shape index (κ3) is 4.78. The quantitative estimate of drug-likeness (QED) is 0.591. The van der Waals surface area contributed by atoms with Gasteiger partial charge in [0.2, 0.25) is 0 Å². The van der Waals surface area contributed by atoms with Gasteiger partial charge in [-0.3, -0.25) is 0 Å². The van der Waals surface area contributed by atoms with Gasteiger partial charge in [-0.05, 0) is 39.3 Å². The molecule has 1 N–H and O–H groups in total. The van der Waals surface area contributed by atoms with Crippen molar-refractivity contribution in [2.45, 2.75) is 52.5 Å². The Balaban J connectivity index is 2.63. The van der Waals surface area contributed by atoms with Crippen molar-refractivity contribution in [3.8, 4) is 0 Å². The first kappa shape index (κ1) is 14.0. The van der Waals surface area contributed by atoms with Crippen LogP contribution in [0.5, 0.6) is 0 Å². The highest BCUT2D eigenvalue weighted by molar-refractivity contribution is 5.46. The summed E-state index contributed by atoms with van der Waals surface area (Å²) >= 11 is 0. The lowest BCUT2D eigenvalue weighted by molar-refractivity contribution is 0.432. The topological polar surface area (TPSA) is 15.3 Å². The number of unbranched alkanes of at least 4 members (excludes halogenated alkanes) is 2. The van der Waals surface area contributed by atoms with E-state index in [1.807, 2.05) is 0 Å². The predicted octanol–water partition coefficient (Wildman–Crippen LogP) is 3.99. The van der Waals surface area contributed by atoms with Crippen molar-refractivity contribution in [1.29, 1.82) is 0 Å². The third-order valence-corrected chi connectivity index (χ3v) is 2.74. The monoisotopic (exact) mass is 234 g/mol. The summed E-state index contributed by atoms with van der Waals surface area (Å²) in [5, 5.41) is 2.27. The average molecular weight is 234 g/mol. The molecule has 0 aliphatic carbocycles. The van der Waals surface area contributed by atoms with E-state index < -0.39 is 0 Å². The molecule has 0 heterocycles. The van der Waals surface area contributed by atoms with Crippen LogP contribution in [0.1, 0.15) is 47.0 Å². The van der Waals surface area contributed by atoms with Gasteiger partial charge in [-0.2, -0.15) is 0 Å². The molecule has 96 valence electrons. The molecule has 0 saturated carbocycles. The summed E-state index contributed by atoms with van der Waals surface area (Å²) in [5.74, 6) is 0. The van der Waals surface area contributed by atoms with Gasteiger partial charge in [0.1, 0.15) is 0 Å². The van der Waals surface area contributed by atoms with Gasteiger partial charge in [0.05, 0.1) is 5.69 Å². The molecule has 0 atom stereocenters. The first-order valence-corrected chi connectivity index (χ1v) is 6.64. The minimum Gasteiger partial charge on any atom is -0.303 e. The summed E-state index contributed by atoms with van der Waals surface area (Å²) in [4.78, 5) is 0. The molecule has 0 saturated heterocycles. The van der Waals surface area contributed by atoms with Crippen LogP contribution >= 0.6 is 0 Å². The van der Waals surface area contributed by atoms with Gasteiger partial charge in [-0.15, -0.1) is 0 Å². The van der Waals surface area contributed by atoms with Crippen molar-refractivity contribution < 1.29 is 0 Å². The highest BCUT2D eigenvalue weighted by Crippen LogP contribution is 2.20. The van der Waals surface area contributed by atoms with Gasteiger partial charge in [0.25, 0.3) is 0 Å². The van der Waals surface area contributed by atoms with E-state index in [9.17, 15) is 0 Å². The second kappa shape index (κ2) is 6.65. The number of nitrogens with zero attached hydrogens (tertiary/aromatic N) is 1. The lowest BCUT2D eigenvalue weighted by atomic mass is 10.1. The van der Waals surface area contributed by atoms with Crippen LogP contribution in [0.3, 0.4) is 0 Å². The van der Waals surface area contributed by atoms with E-state index in [0.29, 0.717) is 0 Å². The molecule has 0 fully saturated rings. The Morgan fingerprint density at radius 3 is 2.24 bits per heavy atom. The molecule has 2 heteroatoms. The summed E-state index contributed by atoms with van der Waals surface area (Å²) in [6, 6.07) is 10.5. The van der Waals surface area contributed by atoms with Crippen LogP contribution in [0.15, 0.2) is 30.3 Å². The molecule has 2 nitrogen and oxygen atoms in total. The predicted molar refractivity (Wildman–Crippen MR) is 76.2 cm³/mol. The molecule has 0 aliphatic heterocycles. The second-order valence-corrected chi connectivity index (χ2v) is 5.46. The Morgan fingerprint density at radius 2 is 1.71 bits per heavy atom. The number of nitrogens with one attached hydrogen (secondary N) is 1. The van der Waals surface area contributed by atoms with Crippen molar-refractivity contribution in [2.24, 2.45) is 0 Å². The number of hydrogen-bond acceptors (Lipinski definition) is 2. The first-order chi connectivity index (χ1) is 8.05. The SMILES string of the molecule is CCCCCNN(c1ccccc1)C(C)(C)C. The fraction of sp³-hybridized carbons (Fsp3) is 0.600. The van der Waals surface area contributed by atoms with Gasteiger partial charge >= 0.3 is 0 Å². The average Bonchev–Trinajstić information content (AvgIpc) is 2.28. The van der Waals surface area contributed by atoms with Crippen LogP contribution in [0, 0.1) is 0 Å². The Hall–Kier alpha value is -1.02. The Morgan fingerprint density at radius 1 is 1.06 bits per heavy atom. The van der Waals surface area contributed by atoms with Crippen LogP contribution in [-0.4, -0.2) is 12.1 Å². The van der Waals surface area contributed by atoms with Gasteiger partial charge in [0.15, 0.2) is 0 Å². The van der Waals surface area contributed by atoms with Gasteiger partial charge in [-0.25, -0.2) is 5.43 Å². The summed E-state index contributed by atoms with van der Waals surface area (Å²) in [5.41, 5.74) is 4.87. The molecule has 0 radical (unpaired) electrons. The maximum absolute atomic E-state index is 3.54. The van der Waals surface area contributed by atoms with Crippen molar-refractivity contribution in [3.05, 3.63) is 30.3 Å². The number of hydrazine groups is 1. The minimum atomic E-state index is 0.0908. The Labute approximate surface area is 106 Å². The van der Waals surface area contributed by atoms with Crippen LogP contribution in [-0.2, 0) is 0 Å². The number of para-hydroxylation sites is 1. The largest absolute Gasteiger partial charge is 0.303 e. The highest BCUT2D eigenvalue weighted by atomic mass is 15.5. The number of rotatable bonds is 6. The molecule has 0 spiro atoms. The molecule has 0 unspecified atom stereocenters. The van der Waals surface area contributed by atoms with E-state index in [1.165, 1.54) is 24.9 Å². The minimum absolute atomic E-state index is 0.0908. The first-order valence-electron chi connectivity index (χ1n) is 6.64. The molecular weight excluding hydrogens is 208 g/mol. The smallest absolute Gasteiger partial charge is 0.0525 e. The molecular formula is C15H26N2. The standard InChI is InChI=1S/C15H26N2/c1-5-6-10-13-16-17(15(2,3)4)14-11-8-7-9-12-14/h7-9,11-12,16H,5-6,10,13H2,1-4H3.